The number of hydrogen-bond donors (Lipinski definition) is 0. The summed E-state index contributed by atoms with van der Waals surface area (Å²) in [7, 11) is 4.89. The zero-order valence-corrected chi connectivity index (χ0v) is 18.4. The maximum atomic E-state index is 5.86. The van der Waals surface area contributed by atoms with Gasteiger partial charge in [0.05, 0.1) is 19.8 Å². The zero-order valence-electron chi connectivity index (χ0n) is 18.4. The molecule has 0 unspecified atom stereocenters. The molecule has 1 heterocycles. The predicted molar refractivity (Wildman–Crippen MR) is 109 cm³/mol. The molecule has 0 N–H and O–H groups in total. The quantitative estimate of drug-likeness (QED) is 0.221. The molecule has 0 aromatic rings. The fraction of sp³-hybridized carbons (Fsp3) is 1.00. The predicted octanol–water partition coefficient (Wildman–Crippen LogP) is 5.31. The minimum atomic E-state index is -0.855. The molecule has 0 aromatic carbocycles. The summed E-state index contributed by atoms with van der Waals surface area (Å²) in [4.78, 5) is 0. The lowest BCUT2D eigenvalue weighted by atomic mass is 9.84. The zero-order chi connectivity index (χ0) is 19.8. The van der Waals surface area contributed by atoms with E-state index in [1.54, 1.807) is 21.3 Å². The Morgan fingerprint density at radius 1 is 0.741 bits per heavy atom. The van der Waals surface area contributed by atoms with Crippen LogP contribution in [0.5, 0.6) is 0 Å². The van der Waals surface area contributed by atoms with Crippen LogP contribution in [-0.2, 0) is 23.7 Å². The van der Waals surface area contributed by atoms with Crippen LogP contribution in [0, 0.1) is 5.41 Å². The summed E-state index contributed by atoms with van der Waals surface area (Å²) < 4.78 is 27.1. The fourth-order valence-corrected chi connectivity index (χ4v) is 3.58. The number of hydrogen-bond acceptors (Lipinski definition) is 5. The molecular weight excluding hydrogens is 344 g/mol. The molecule has 1 rings (SSSR count). The Bertz CT molecular complexity index is 326. The van der Waals surface area contributed by atoms with E-state index in [1.165, 1.54) is 64.2 Å². The SMILES string of the molecule is CCC1(COCCCCCCCCCCCCC(OC)(OC)OC)COC1. The van der Waals surface area contributed by atoms with Gasteiger partial charge in [-0.15, -0.1) is 0 Å². The molecule has 0 atom stereocenters. The second-order valence-electron chi connectivity index (χ2n) is 7.98. The summed E-state index contributed by atoms with van der Waals surface area (Å²) >= 11 is 0. The lowest BCUT2D eigenvalue weighted by molar-refractivity contribution is -0.355. The van der Waals surface area contributed by atoms with Crippen LogP contribution in [0.3, 0.4) is 0 Å². The smallest absolute Gasteiger partial charge is 0.282 e. The lowest BCUT2D eigenvalue weighted by Crippen LogP contribution is -2.45. The average molecular weight is 389 g/mol. The van der Waals surface area contributed by atoms with Gasteiger partial charge in [-0.05, 0) is 19.3 Å². The summed E-state index contributed by atoms with van der Waals surface area (Å²) in [5.41, 5.74) is 0.332. The van der Waals surface area contributed by atoms with E-state index in [-0.39, 0.29) is 0 Å². The molecule has 0 saturated carbocycles. The Balaban J connectivity index is 1.80. The van der Waals surface area contributed by atoms with Gasteiger partial charge in [0, 0.05) is 39.8 Å². The standard InChI is InChI=1S/C22H44O5/c1-5-21(19-27-20-21)18-26-17-15-13-11-9-7-6-8-10-12-14-16-22(23-2,24-3)25-4/h5-20H2,1-4H3. The molecule has 0 aromatic heterocycles. The number of rotatable bonds is 19. The van der Waals surface area contributed by atoms with Crippen molar-refractivity contribution < 1.29 is 23.7 Å². The van der Waals surface area contributed by atoms with Crippen molar-refractivity contribution >= 4 is 0 Å². The summed E-state index contributed by atoms with van der Waals surface area (Å²) in [5, 5.41) is 0. The van der Waals surface area contributed by atoms with Gasteiger partial charge in [-0.1, -0.05) is 58.3 Å². The van der Waals surface area contributed by atoms with Crippen molar-refractivity contribution in [1.29, 1.82) is 0 Å². The maximum absolute atomic E-state index is 5.86. The van der Waals surface area contributed by atoms with Crippen molar-refractivity contribution in [2.45, 2.75) is 89.9 Å². The van der Waals surface area contributed by atoms with Crippen LogP contribution in [0.15, 0.2) is 0 Å². The molecule has 0 spiro atoms. The lowest BCUT2D eigenvalue weighted by Gasteiger charge is -2.40. The third-order valence-corrected chi connectivity index (χ3v) is 5.93. The van der Waals surface area contributed by atoms with E-state index in [0.29, 0.717) is 5.41 Å². The summed E-state index contributed by atoms with van der Waals surface area (Å²) in [6.07, 6.45) is 14.7. The molecule has 1 saturated heterocycles. The van der Waals surface area contributed by atoms with Crippen molar-refractivity contribution in [3.8, 4) is 0 Å². The number of methoxy groups -OCH3 is 3. The van der Waals surface area contributed by atoms with Crippen molar-refractivity contribution in [2.24, 2.45) is 5.41 Å². The molecule has 0 radical (unpaired) electrons. The Morgan fingerprint density at radius 3 is 1.63 bits per heavy atom. The van der Waals surface area contributed by atoms with Gasteiger partial charge >= 0.3 is 0 Å². The van der Waals surface area contributed by atoms with E-state index >= 15 is 0 Å². The highest BCUT2D eigenvalue weighted by molar-refractivity contribution is 4.83. The molecule has 0 aliphatic carbocycles. The van der Waals surface area contributed by atoms with Crippen LogP contribution in [0.1, 0.15) is 84.0 Å². The average Bonchev–Trinajstić information content (AvgIpc) is 2.67. The third kappa shape index (κ3) is 9.71. The first-order valence-corrected chi connectivity index (χ1v) is 11.0. The second-order valence-corrected chi connectivity index (χ2v) is 7.98. The minimum Gasteiger partial charge on any atom is -0.381 e. The first-order chi connectivity index (χ1) is 13.2. The van der Waals surface area contributed by atoms with Crippen LogP contribution in [0.2, 0.25) is 0 Å². The molecule has 162 valence electrons. The summed E-state index contributed by atoms with van der Waals surface area (Å²) in [6, 6.07) is 0. The molecule has 27 heavy (non-hydrogen) atoms. The molecule has 0 amide bonds. The van der Waals surface area contributed by atoms with E-state index in [2.05, 4.69) is 6.92 Å². The van der Waals surface area contributed by atoms with Gasteiger partial charge in [0.1, 0.15) is 0 Å². The van der Waals surface area contributed by atoms with E-state index in [4.69, 9.17) is 23.7 Å². The molecule has 5 nitrogen and oxygen atoms in total. The van der Waals surface area contributed by atoms with Crippen molar-refractivity contribution in [1.82, 2.24) is 0 Å². The molecule has 0 bridgehead atoms. The van der Waals surface area contributed by atoms with Gasteiger partial charge in [-0.3, -0.25) is 0 Å². The maximum Gasteiger partial charge on any atom is 0.282 e. The van der Waals surface area contributed by atoms with Gasteiger partial charge in [-0.2, -0.15) is 0 Å². The van der Waals surface area contributed by atoms with Gasteiger partial charge < -0.3 is 23.7 Å². The fourth-order valence-electron chi connectivity index (χ4n) is 3.58. The van der Waals surface area contributed by atoms with E-state index < -0.39 is 5.97 Å². The van der Waals surface area contributed by atoms with E-state index in [9.17, 15) is 0 Å². The van der Waals surface area contributed by atoms with Crippen molar-refractivity contribution in [3.05, 3.63) is 0 Å². The van der Waals surface area contributed by atoms with E-state index in [1.807, 2.05) is 0 Å². The van der Waals surface area contributed by atoms with Gasteiger partial charge in [0.15, 0.2) is 0 Å². The van der Waals surface area contributed by atoms with Crippen molar-refractivity contribution in [3.63, 3.8) is 0 Å². The normalized spacial score (nSPS) is 16.4. The van der Waals surface area contributed by atoms with Crippen molar-refractivity contribution in [2.75, 3.05) is 47.8 Å². The highest BCUT2D eigenvalue weighted by Gasteiger charge is 2.36. The molecular formula is C22H44O5. The number of unbranched alkanes of at least 4 members (excludes halogenated alkanes) is 9. The highest BCUT2D eigenvalue weighted by Crippen LogP contribution is 2.31. The molecule has 5 heteroatoms. The molecule has 1 aliphatic rings. The largest absolute Gasteiger partial charge is 0.381 e. The van der Waals surface area contributed by atoms with Crippen LogP contribution in [0.4, 0.5) is 0 Å². The summed E-state index contributed by atoms with van der Waals surface area (Å²) in [5.74, 6) is -0.855. The Hall–Kier alpha value is -0.200. The van der Waals surface area contributed by atoms with E-state index in [0.717, 1.165) is 39.3 Å². The van der Waals surface area contributed by atoms with Crippen LogP contribution in [0.25, 0.3) is 0 Å². The number of ether oxygens (including phenoxy) is 5. The monoisotopic (exact) mass is 388 g/mol. The second kappa shape index (κ2) is 14.7. The van der Waals surface area contributed by atoms with Crippen LogP contribution in [-0.4, -0.2) is 53.7 Å². The topological polar surface area (TPSA) is 46.2 Å². The highest BCUT2D eigenvalue weighted by atomic mass is 16.9. The van der Waals surface area contributed by atoms with Gasteiger partial charge in [0.2, 0.25) is 0 Å². The first-order valence-electron chi connectivity index (χ1n) is 11.0. The Kier molecular flexibility index (Phi) is 13.6. The van der Waals surface area contributed by atoms with Gasteiger partial charge in [-0.25, -0.2) is 0 Å². The minimum absolute atomic E-state index is 0.332. The van der Waals surface area contributed by atoms with Crippen LogP contribution >= 0.6 is 0 Å². The van der Waals surface area contributed by atoms with Crippen LogP contribution < -0.4 is 0 Å². The molecule has 1 aliphatic heterocycles. The first kappa shape index (κ1) is 24.8. The summed E-state index contributed by atoms with van der Waals surface area (Å²) in [6.45, 7) is 5.79. The van der Waals surface area contributed by atoms with Gasteiger partial charge in [0.25, 0.3) is 5.97 Å². The Labute approximate surface area is 167 Å². The Morgan fingerprint density at radius 2 is 1.22 bits per heavy atom. The third-order valence-electron chi connectivity index (χ3n) is 5.93. The molecule has 1 fully saturated rings.